The highest BCUT2D eigenvalue weighted by molar-refractivity contribution is 14.1. The van der Waals surface area contributed by atoms with E-state index in [4.69, 9.17) is 11.6 Å². The van der Waals surface area contributed by atoms with E-state index in [9.17, 15) is 0 Å². The van der Waals surface area contributed by atoms with Crippen LogP contribution in [-0.2, 0) is 4.55 Å². The summed E-state index contributed by atoms with van der Waals surface area (Å²) in [4.78, 5) is 4.42. The molecule has 68 valence electrons. The average molecular weight is 307 g/mol. The Hall–Kier alpha value is -0.290. The summed E-state index contributed by atoms with van der Waals surface area (Å²) >= 11 is 8.19. The molecule has 13 heavy (non-hydrogen) atoms. The molecule has 4 heteroatoms. The van der Waals surface area contributed by atoms with Crippen molar-refractivity contribution in [1.82, 2.24) is 9.55 Å². The summed E-state index contributed by atoms with van der Waals surface area (Å²) in [7, 11) is 0. The molecule has 0 amide bonds. The van der Waals surface area contributed by atoms with Gasteiger partial charge in [0.2, 0.25) is 0 Å². The van der Waals surface area contributed by atoms with Crippen molar-refractivity contribution in [3.05, 3.63) is 29.0 Å². The van der Waals surface area contributed by atoms with E-state index in [2.05, 4.69) is 32.1 Å². The number of aryl methyl sites for hydroxylation is 1. The number of halogens is 2. The number of hydrogen-bond donors (Lipinski definition) is 0. The minimum atomic E-state index is 0.741. The molecule has 0 aliphatic heterocycles. The van der Waals surface area contributed by atoms with Crippen LogP contribution in [0.4, 0.5) is 0 Å². The van der Waals surface area contributed by atoms with Gasteiger partial charge in [-0.2, -0.15) is 0 Å². The first kappa shape index (κ1) is 9.27. The van der Waals surface area contributed by atoms with E-state index >= 15 is 0 Å². The van der Waals surface area contributed by atoms with E-state index in [1.165, 1.54) is 0 Å². The highest BCUT2D eigenvalue weighted by atomic mass is 127. The van der Waals surface area contributed by atoms with Crippen LogP contribution in [0.25, 0.3) is 11.0 Å². The SMILES string of the molecule is Cc1nc2cc(Cl)ccc2n1CI. The van der Waals surface area contributed by atoms with E-state index in [-0.39, 0.29) is 0 Å². The third-order valence-electron chi connectivity index (χ3n) is 2.02. The number of nitrogens with zero attached hydrogens (tertiary/aromatic N) is 2. The standard InChI is InChI=1S/C9H8ClIN2/c1-6-12-8-4-7(10)2-3-9(8)13(6)5-11/h2-4H,5H2,1H3. The molecule has 2 nitrogen and oxygen atoms in total. The molecule has 0 saturated carbocycles. The van der Waals surface area contributed by atoms with Crippen molar-refractivity contribution in [2.24, 2.45) is 0 Å². The Morgan fingerprint density at radius 2 is 2.31 bits per heavy atom. The van der Waals surface area contributed by atoms with Crippen LogP contribution in [0.15, 0.2) is 18.2 Å². The molecule has 0 spiro atoms. The van der Waals surface area contributed by atoms with Crippen molar-refractivity contribution < 1.29 is 0 Å². The quantitative estimate of drug-likeness (QED) is 0.583. The molecular formula is C9H8ClIN2. The fourth-order valence-corrected chi connectivity index (χ4v) is 2.40. The molecule has 1 aromatic heterocycles. The Balaban J connectivity index is 2.79. The topological polar surface area (TPSA) is 17.8 Å². The lowest BCUT2D eigenvalue weighted by atomic mass is 10.3. The molecule has 0 saturated heterocycles. The smallest absolute Gasteiger partial charge is 0.107 e. The van der Waals surface area contributed by atoms with E-state index < -0.39 is 0 Å². The molecule has 0 radical (unpaired) electrons. The van der Waals surface area contributed by atoms with Gasteiger partial charge in [-0.3, -0.25) is 0 Å². The molecule has 2 aromatic rings. The Kier molecular flexibility index (Phi) is 2.47. The third kappa shape index (κ3) is 1.55. The summed E-state index contributed by atoms with van der Waals surface area (Å²) in [5.41, 5.74) is 2.12. The first-order valence-corrected chi connectivity index (χ1v) is 5.81. The van der Waals surface area contributed by atoms with Crippen molar-refractivity contribution in [3.63, 3.8) is 0 Å². The van der Waals surface area contributed by atoms with Crippen LogP contribution in [0.1, 0.15) is 5.82 Å². The second-order valence-electron chi connectivity index (χ2n) is 2.84. The van der Waals surface area contributed by atoms with Gasteiger partial charge in [-0.15, -0.1) is 0 Å². The largest absolute Gasteiger partial charge is 0.318 e. The summed E-state index contributed by atoms with van der Waals surface area (Å²) in [5, 5.41) is 0.741. The van der Waals surface area contributed by atoms with Gasteiger partial charge >= 0.3 is 0 Å². The number of alkyl halides is 1. The van der Waals surface area contributed by atoms with Crippen LogP contribution in [0.2, 0.25) is 5.02 Å². The lowest BCUT2D eigenvalue weighted by Gasteiger charge is -1.99. The fourth-order valence-electron chi connectivity index (χ4n) is 1.37. The molecule has 0 unspecified atom stereocenters. The normalized spacial score (nSPS) is 11.0. The Bertz CT molecular complexity index is 450. The predicted octanol–water partition coefficient (Wildman–Crippen LogP) is 3.39. The van der Waals surface area contributed by atoms with Crippen molar-refractivity contribution in [1.29, 1.82) is 0 Å². The van der Waals surface area contributed by atoms with E-state index in [1.807, 2.05) is 25.1 Å². The zero-order chi connectivity index (χ0) is 9.42. The van der Waals surface area contributed by atoms with Gasteiger partial charge in [0.25, 0.3) is 0 Å². The molecule has 0 N–H and O–H groups in total. The van der Waals surface area contributed by atoms with E-state index in [0.29, 0.717) is 0 Å². The van der Waals surface area contributed by atoms with Crippen LogP contribution in [0, 0.1) is 6.92 Å². The maximum Gasteiger partial charge on any atom is 0.107 e. The molecule has 0 aliphatic carbocycles. The average Bonchev–Trinajstić information content (AvgIpc) is 2.39. The molecule has 1 heterocycles. The van der Waals surface area contributed by atoms with Gasteiger partial charge in [-0.05, 0) is 25.1 Å². The van der Waals surface area contributed by atoms with Gasteiger partial charge in [-0.1, -0.05) is 34.2 Å². The van der Waals surface area contributed by atoms with Gasteiger partial charge in [0.1, 0.15) is 5.82 Å². The molecule has 0 fully saturated rings. The summed E-state index contributed by atoms with van der Waals surface area (Å²) in [6.45, 7) is 2.01. The Morgan fingerprint density at radius 3 is 3.00 bits per heavy atom. The van der Waals surface area contributed by atoms with Crippen molar-refractivity contribution in [2.75, 3.05) is 0 Å². The third-order valence-corrected chi connectivity index (χ3v) is 2.94. The minimum Gasteiger partial charge on any atom is -0.318 e. The first-order valence-electron chi connectivity index (χ1n) is 3.90. The number of aromatic nitrogens is 2. The number of hydrogen-bond acceptors (Lipinski definition) is 1. The van der Waals surface area contributed by atoms with Crippen molar-refractivity contribution in [2.45, 2.75) is 11.5 Å². The highest BCUT2D eigenvalue weighted by Crippen LogP contribution is 2.20. The van der Waals surface area contributed by atoms with Gasteiger partial charge < -0.3 is 4.57 Å². The number of fused-ring (bicyclic) bond motifs is 1. The summed E-state index contributed by atoms with van der Waals surface area (Å²) in [6.07, 6.45) is 0. The second-order valence-corrected chi connectivity index (χ2v) is 3.96. The maximum atomic E-state index is 5.87. The Labute approximate surface area is 95.0 Å². The van der Waals surface area contributed by atoms with Crippen LogP contribution >= 0.6 is 34.2 Å². The van der Waals surface area contributed by atoms with E-state index in [1.54, 1.807) is 0 Å². The molecular weight excluding hydrogens is 298 g/mol. The minimum absolute atomic E-state index is 0.741. The van der Waals surface area contributed by atoms with Crippen LogP contribution in [0.5, 0.6) is 0 Å². The van der Waals surface area contributed by atoms with Gasteiger partial charge in [-0.25, -0.2) is 4.98 Å². The number of rotatable bonds is 1. The van der Waals surface area contributed by atoms with Crippen LogP contribution in [-0.4, -0.2) is 9.55 Å². The van der Waals surface area contributed by atoms with Gasteiger partial charge in [0, 0.05) is 5.02 Å². The van der Waals surface area contributed by atoms with E-state index in [0.717, 1.165) is 26.4 Å². The van der Waals surface area contributed by atoms with Crippen molar-refractivity contribution >= 4 is 45.2 Å². The summed E-state index contributed by atoms with van der Waals surface area (Å²) in [5.74, 6) is 1.03. The summed E-state index contributed by atoms with van der Waals surface area (Å²) < 4.78 is 3.08. The van der Waals surface area contributed by atoms with Gasteiger partial charge in [0.05, 0.1) is 15.6 Å². The lowest BCUT2D eigenvalue weighted by Crippen LogP contribution is -1.93. The first-order chi connectivity index (χ1) is 6.22. The Morgan fingerprint density at radius 1 is 1.54 bits per heavy atom. The molecule has 1 aromatic carbocycles. The summed E-state index contributed by atoms with van der Waals surface area (Å²) in [6, 6.07) is 5.80. The zero-order valence-corrected chi connectivity index (χ0v) is 10.0. The second kappa shape index (κ2) is 3.46. The molecule has 0 aliphatic rings. The molecule has 0 bridgehead atoms. The monoisotopic (exact) mass is 306 g/mol. The van der Waals surface area contributed by atoms with Crippen LogP contribution in [0.3, 0.4) is 0 Å². The number of benzene rings is 1. The highest BCUT2D eigenvalue weighted by Gasteiger charge is 2.05. The maximum absolute atomic E-state index is 5.87. The number of imidazole rings is 1. The lowest BCUT2D eigenvalue weighted by molar-refractivity contribution is 0.886. The van der Waals surface area contributed by atoms with Crippen LogP contribution < -0.4 is 0 Å². The van der Waals surface area contributed by atoms with Crippen molar-refractivity contribution in [3.8, 4) is 0 Å². The molecule has 0 atom stereocenters. The fraction of sp³-hybridized carbons (Fsp3) is 0.222. The molecule has 2 rings (SSSR count). The zero-order valence-electron chi connectivity index (χ0n) is 7.09. The predicted molar refractivity (Wildman–Crippen MR) is 63.5 cm³/mol. The van der Waals surface area contributed by atoms with Gasteiger partial charge in [0.15, 0.2) is 0 Å².